The summed E-state index contributed by atoms with van der Waals surface area (Å²) in [7, 11) is -2.40. The summed E-state index contributed by atoms with van der Waals surface area (Å²) in [5.74, 6) is 0.0974. The van der Waals surface area contributed by atoms with Crippen molar-refractivity contribution in [1.29, 1.82) is 0 Å². The van der Waals surface area contributed by atoms with Crippen LogP contribution in [-0.4, -0.2) is 47.1 Å². The summed E-state index contributed by atoms with van der Waals surface area (Å²) >= 11 is 0. The highest BCUT2D eigenvalue weighted by Crippen LogP contribution is 2.29. The Bertz CT molecular complexity index is 1090. The minimum atomic E-state index is -3.93. The van der Waals surface area contributed by atoms with Gasteiger partial charge in [0.25, 0.3) is 10.0 Å². The van der Waals surface area contributed by atoms with Gasteiger partial charge in [-0.05, 0) is 80.1 Å². The fraction of sp³-hybridized carbons (Fsp3) is 0.417. The Morgan fingerprint density at radius 2 is 1.76 bits per heavy atom. The third-order valence-corrected chi connectivity index (χ3v) is 7.40. The number of ether oxygens (including phenoxy) is 2. The van der Waals surface area contributed by atoms with Crippen LogP contribution < -0.4 is 14.4 Å². The first-order chi connectivity index (χ1) is 15.7. The molecule has 1 saturated carbocycles. The van der Waals surface area contributed by atoms with Gasteiger partial charge < -0.3 is 14.8 Å². The maximum Gasteiger partial charge on any atom is 0.325 e. The summed E-state index contributed by atoms with van der Waals surface area (Å²) < 4.78 is 38.4. The number of hydrogen-bond acceptors (Lipinski definition) is 6. The smallest absolute Gasteiger partial charge is 0.325 e. The lowest BCUT2D eigenvalue weighted by Gasteiger charge is -2.25. The van der Waals surface area contributed by atoms with E-state index >= 15 is 0 Å². The van der Waals surface area contributed by atoms with Crippen LogP contribution in [0.1, 0.15) is 30.4 Å². The third kappa shape index (κ3) is 6.71. The molecule has 0 aliphatic heterocycles. The van der Waals surface area contributed by atoms with Crippen LogP contribution in [0.25, 0.3) is 0 Å². The Labute approximate surface area is 194 Å². The van der Waals surface area contributed by atoms with Gasteiger partial charge in [0.05, 0.1) is 24.3 Å². The molecule has 0 radical (unpaired) electrons. The van der Waals surface area contributed by atoms with Gasteiger partial charge in [-0.2, -0.15) is 0 Å². The van der Waals surface area contributed by atoms with Gasteiger partial charge in [-0.15, -0.1) is 0 Å². The van der Waals surface area contributed by atoms with Crippen LogP contribution in [0.5, 0.6) is 5.75 Å². The van der Waals surface area contributed by atoms with Crippen molar-refractivity contribution >= 4 is 27.6 Å². The van der Waals surface area contributed by atoms with Crippen LogP contribution in [0, 0.1) is 19.8 Å². The van der Waals surface area contributed by atoms with E-state index in [1.807, 2.05) is 13.8 Å². The van der Waals surface area contributed by atoms with E-state index in [-0.39, 0.29) is 24.4 Å². The number of aryl methyl sites for hydroxylation is 2. The minimum Gasteiger partial charge on any atom is -0.497 e. The zero-order valence-corrected chi connectivity index (χ0v) is 20.0. The molecule has 2 aromatic rings. The Kier molecular flexibility index (Phi) is 7.97. The molecule has 0 saturated heterocycles. The van der Waals surface area contributed by atoms with E-state index in [0.29, 0.717) is 24.0 Å². The number of methoxy groups -OCH3 is 1. The number of hydrogen-bond donors (Lipinski definition) is 1. The van der Waals surface area contributed by atoms with Crippen LogP contribution in [0.4, 0.5) is 5.69 Å². The molecule has 1 amide bonds. The van der Waals surface area contributed by atoms with E-state index in [9.17, 15) is 18.0 Å². The molecule has 9 heteroatoms. The van der Waals surface area contributed by atoms with Gasteiger partial charge in [-0.3, -0.25) is 13.9 Å². The lowest BCUT2D eigenvalue weighted by atomic mass is 10.1. The molecule has 0 unspecified atom stereocenters. The van der Waals surface area contributed by atoms with Crippen LogP contribution in [-0.2, 0) is 24.3 Å². The minimum absolute atomic E-state index is 0.0927. The number of carbonyl (C=O) groups is 2. The summed E-state index contributed by atoms with van der Waals surface area (Å²) in [4.78, 5) is 24.2. The summed E-state index contributed by atoms with van der Waals surface area (Å²) in [6.07, 6.45) is 2.01. The SMILES string of the molecule is COc1ccc(N(CCC(=O)NCC(=O)OCC2CC2)S(=O)(=O)c2ccc(C)c(C)c2)cc1. The topological polar surface area (TPSA) is 102 Å². The predicted molar refractivity (Wildman–Crippen MR) is 125 cm³/mol. The fourth-order valence-corrected chi connectivity index (χ4v) is 4.70. The molecular weight excluding hydrogens is 444 g/mol. The molecule has 1 N–H and O–H groups in total. The quantitative estimate of drug-likeness (QED) is 0.503. The first-order valence-electron chi connectivity index (χ1n) is 10.9. The molecule has 178 valence electrons. The number of benzene rings is 2. The van der Waals surface area contributed by atoms with Crippen molar-refractivity contribution in [2.24, 2.45) is 5.92 Å². The van der Waals surface area contributed by atoms with Crippen molar-refractivity contribution in [3.63, 3.8) is 0 Å². The second kappa shape index (κ2) is 10.7. The number of amides is 1. The number of anilines is 1. The van der Waals surface area contributed by atoms with Gasteiger partial charge in [-0.25, -0.2) is 8.42 Å². The molecular formula is C24H30N2O6S. The number of sulfonamides is 1. The number of rotatable bonds is 11. The highest BCUT2D eigenvalue weighted by molar-refractivity contribution is 7.92. The second-order valence-electron chi connectivity index (χ2n) is 8.17. The molecule has 1 fully saturated rings. The molecule has 33 heavy (non-hydrogen) atoms. The van der Waals surface area contributed by atoms with Crippen molar-refractivity contribution in [1.82, 2.24) is 5.32 Å². The van der Waals surface area contributed by atoms with Gasteiger partial charge in [-0.1, -0.05) is 6.07 Å². The Morgan fingerprint density at radius 1 is 1.06 bits per heavy atom. The van der Waals surface area contributed by atoms with E-state index in [4.69, 9.17) is 9.47 Å². The fourth-order valence-electron chi connectivity index (χ4n) is 3.15. The monoisotopic (exact) mass is 474 g/mol. The molecule has 2 aromatic carbocycles. The van der Waals surface area contributed by atoms with E-state index in [2.05, 4.69) is 5.32 Å². The third-order valence-electron chi connectivity index (χ3n) is 5.58. The molecule has 1 aliphatic rings. The molecule has 0 atom stereocenters. The van der Waals surface area contributed by atoms with Gasteiger partial charge >= 0.3 is 5.97 Å². The molecule has 0 heterocycles. The highest BCUT2D eigenvalue weighted by atomic mass is 32.2. The van der Waals surface area contributed by atoms with E-state index in [1.54, 1.807) is 42.5 Å². The summed E-state index contributed by atoms with van der Waals surface area (Å²) in [6, 6.07) is 11.5. The lowest BCUT2D eigenvalue weighted by Crippen LogP contribution is -2.37. The standard InChI is InChI=1S/C24H30N2O6S/c1-17-4-11-22(14-18(17)2)33(29,30)26(20-7-9-21(31-3)10-8-20)13-12-23(27)25-15-24(28)32-16-19-5-6-19/h4,7-11,14,19H,5-6,12-13,15-16H2,1-3H3,(H,25,27). The van der Waals surface area contributed by atoms with Gasteiger partial charge in [0, 0.05) is 13.0 Å². The Morgan fingerprint density at radius 3 is 2.36 bits per heavy atom. The van der Waals surface area contributed by atoms with Crippen LogP contribution in [0.15, 0.2) is 47.4 Å². The number of carbonyl (C=O) groups excluding carboxylic acids is 2. The Balaban J connectivity index is 1.71. The van der Waals surface area contributed by atoms with E-state index in [0.717, 1.165) is 24.0 Å². The van der Waals surface area contributed by atoms with E-state index in [1.165, 1.54) is 11.4 Å². The van der Waals surface area contributed by atoms with Gasteiger partial charge in [0.1, 0.15) is 12.3 Å². The number of nitrogens with one attached hydrogen (secondary N) is 1. The molecule has 0 spiro atoms. The van der Waals surface area contributed by atoms with Crippen molar-refractivity contribution in [3.05, 3.63) is 53.6 Å². The zero-order valence-electron chi connectivity index (χ0n) is 19.2. The first kappa shape index (κ1) is 24.6. The molecule has 0 aromatic heterocycles. The molecule has 8 nitrogen and oxygen atoms in total. The molecule has 0 bridgehead atoms. The van der Waals surface area contributed by atoms with Crippen LogP contribution in [0.3, 0.4) is 0 Å². The molecule has 1 aliphatic carbocycles. The van der Waals surface area contributed by atoms with Crippen molar-refractivity contribution in [3.8, 4) is 5.75 Å². The van der Waals surface area contributed by atoms with Crippen molar-refractivity contribution < 1.29 is 27.5 Å². The summed E-state index contributed by atoms with van der Waals surface area (Å²) in [5.41, 5.74) is 2.25. The van der Waals surface area contributed by atoms with E-state index < -0.39 is 21.9 Å². The second-order valence-corrected chi connectivity index (χ2v) is 10.0. The van der Waals surface area contributed by atoms with Crippen LogP contribution >= 0.6 is 0 Å². The zero-order chi connectivity index (χ0) is 24.0. The van der Waals surface area contributed by atoms with Crippen molar-refractivity contribution in [2.45, 2.75) is 38.0 Å². The largest absolute Gasteiger partial charge is 0.497 e. The first-order valence-corrected chi connectivity index (χ1v) is 12.3. The van der Waals surface area contributed by atoms with Crippen molar-refractivity contribution in [2.75, 3.05) is 31.1 Å². The van der Waals surface area contributed by atoms with Gasteiger partial charge in [0.15, 0.2) is 0 Å². The van der Waals surface area contributed by atoms with Crippen LogP contribution in [0.2, 0.25) is 0 Å². The summed E-state index contributed by atoms with van der Waals surface area (Å²) in [6.45, 7) is 3.81. The number of nitrogens with zero attached hydrogens (tertiary/aromatic N) is 1. The maximum atomic E-state index is 13.5. The summed E-state index contributed by atoms with van der Waals surface area (Å²) in [5, 5.41) is 2.50. The molecule has 3 rings (SSSR count). The highest BCUT2D eigenvalue weighted by Gasteiger charge is 2.26. The number of esters is 1. The lowest BCUT2D eigenvalue weighted by molar-refractivity contribution is -0.144. The Hall–Kier alpha value is -3.07. The average Bonchev–Trinajstić information content (AvgIpc) is 3.63. The average molecular weight is 475 g/mol. The van der Waals surface area contributed by atoms with Gasteiger partial charge in [0.2, 0.25) is 5.91 Å². The normalized spacial score (nSPS) is 13.3. The maximum absolute atomic E-state index is 13.5. The predicted octanol–water partition coefficient (Wildman–Crippen LogP) is 2.97.